The van der Waals surface area contributed by atoms with Crippen LogP contribution in [0.5, 0.6) is 0 Å². The van der Waals surface area contributed by atoms with Crippen molar-refractivity contribution in [2.45, 2.75) is 18.9 Å². The zero-order valence-corrected chi connectivity index (χ0v) is 18.6. The molecule has 4 aromatic rings. The van der Waals surface area contributed by atoms with E-state index in [2.05, 4.69) is 14.9 Å². The fourth-order valence-electron chi connectivity index (χ4n) is 4.86. The molecule has 1 atom stereocenters. The summed E-state index contributed by atoms with van der Waals surface area (Å²) in [6.07, 6.45) is 5.24. The lowest BCUT2D eigenvalue weighted by Crippen LogP contribution is -2.36. The fourth-order valence-corrected chi connectivity index (χ4v) is 4.86. The van der Waals surface area contributed by atoms with E-state index in [-0.39, 0.29) is 6.04 Å². The van der Waals surface area contributed by atoms with Gasteiger partial charge < -0.3 is 14.5 Å². The number of hydrogen-bond donors (Lipinski definition) is 0. The van der Waals surface area contributed by atoms with Crippen LogP contribution in [0, 0.1) is 11.6 Å². The number of imidazole rings is 1. The van der Waals surface area contributed by atoms with E-state index < -0.39 is 11.6 Å². The molecule has 0 amide bonds. The molecule has 34 heavy (non-hydrogen) atoms. The van der Waals surface area contributed by atoms with Crippen molar-refractivity contribution in [1.82, 2.24) is 19.6 Å². The van der Waals surface area contributed by atoms with Crippen LogP contribution in [-0.4, -0.2) is 52.4 Å². The number of aromatic nitrogens is 4. The first kappa shape index (κ1) is 21.0. The number of ether oxygens (including phenoxy) is 1. The predicted octanol–water partition coefficient (Wildman–Crippen LogP) is 4.25. The lowest BCUT2D eigenvalue weighted by Gasteiger charge is -2.27. The number of nitrogens with zero attached hydrogens (tertiary/aromatic N) is 6. The van der Waals surface area contributed by atoms with Crippen LogP contribution >= 0.6 is 0 Å². The summed E-state index contributed by atoms with van der Waals surface area (Å²) in [4.78, 5) is 13.4. The van der Waals surface area contributed by atoms with Crippen molar-refractivity contribution in [3.63, 3.8) is 0 Å². The van der Waals surface area contributed by atoms with Crippen LogP contribution in [0.3, 0.4) is 0 Å². The fraction of sp³-hybridized carbons (Fsp3) is 0.320. The Morgan fingerprint density at radius 2 is 1.74 bits per heavy atom. The highest BCUT2D eigenvalue weighted by molar-refractivity contribution is 5.64. The SMILES string of the molecule is Fc1ccc(F)c(C2CCCN2c2ccc3ncc(-c4ccc(N5CCOCC5)nc4)n3n2)c1. The van der Waals surface area contributed by atoms with Crippen LogP contribution in [-0.2, 0) is 4.74 Å². The first-order chi connectivity index (χ1) is 16.7. The molecule has 0 N–H and O–H groups in total. The van der Waals surface area contributed by atoms with Gasteiger partial charge in [0, 0.05) is 37.0 Å². The molecule has 2 saturated heterocycles. The van der Waals surface area contributed by atoms with Gasteiger partial charge in [0.1, 0.15) is 23.3 Å². The van der Waals surface area contributed by atoms with Gasteiger partial charge in [0.25, 0.3) is 0 Å². The summed E-state index contributed by atoms with van der Waals surface area (Å²) < 4.78 is 35.6. The minimum atomic E-state index is -0.434. The zero-order chi connectivity index (χ0) is 23.1. The third kappa shape index (κ3) is 3.75. The standard InChI is InChI=1S/C25H24F2N6O/c26-18-4-5-20(27)19(14-18)21-2-1-9-32(21)25-8-7-24-29-16-22(33(24)30-25)17-3-6-23(28-15-17)31-10-12-34-13-11-31/h3-8,14-16,21H,1-2,9-13H2. The van der Waals surface area contributed by atoms with Gasteiger partial charge in [-0.15, -0.1) is 5.10 Å². The van der Waals surface area contributed by atoms with E-state index in [1.165, 1.54) is 12.1 Å². The molecule has 3 aromatic heterocycles. The van der Waals surface area contributed by atoms with Crippen molar-refractivity contribution >= 4 is 17.3 Å². The lowest BCUT2D eigenvalue weighted by atomic mass is 10.0. The second kappa shape index (κ2) is 8.64. The molecule has 7 nitrogen and oxygen atoms in total. The number of morpholine rings is 1. The van der Waals surface area contributed by atoms with Crippen molar-refractivity contribution in [2.75, 3.05) is 42.6 Å². The lowest BCUT2D eigenvalue weighted by molar-refractivity contribution is 0.122. The molecule has 0 saturated carbocycles. The van der Waals surface area contributed by atoms with E-state index in [1.54, 1.807) is 10.7 Å². The molecule has 174 valence electrons. The highest BCUT2D eigenvalue weighted by atomic mass is 19.1. The Bertz CT molecular complexity index is 1320. The van der Waals surface area contributed by atoms with Gasteiger partial charge >= 0.3 is 0 Å². The van der Waals surface area contributed by atoms with Gasteiger partial charge in [-0.1, -0.05) is 0 Å². The Morgan fingerprint density at radius 1 is 0.882 bits per heavy atom. The van der Waals surface area contributed by atoms with E-state index in [9.17, 15) is 8.78 Å². The third-order valence-corrected chi connectivity index (χ3v) is 6.59. The molecule has 2 fully saturated rings. The molecule has 2 aliphatic heterocycles. The Morgan fingerprint density at radius 3 is 2.56 bits per heavy atom. The molecule has 5 heterocycles. The Labute approximate surface area is 195 Å². The van der Waals surface area contributed by atoms with Crippen LogP contribution in [0.4, 0.5) is 20.4 Å². The van der Waals surface area contributed by atoms with Gasteiger partial charge in [-0.05, 0) is 55.3 Å². The molecule has 1 unspecified atom stereocenters. The molecular formula is C25H24F2N6O. The quantitative estimate of drug-likeness (QED) is 0.452. The molecular weight excluding hydrogens is 438 g/mol. The topological polar surface area (TPSA) is 58.8 Å². The largest absolute Gasteiger partial charge is 0.378 e. The summed E-state index contributed by atoms with van der Waals surface area (Å²) in [6.45, 7) is 3.80. The highest BCUT2D eigenvalue weighted by Crippen LogP contribution is 2.37. The maximum Gasteiger partial charge on any atom is 0.154 e. The molecule has 6 rings (SSSR count). The molecule has 1 aromatic carbocycles. The predicted molar refractivity (Wildman–Crippen MR) is 125 cm³/mol. The average molecular weight is 463 g/mol. The number of halogens is 2. The Balaban J connectivity index is 1.33. The summed E-state index contributed by atoms with van der Waals surface area (Å²) >= 11 is 0. The number of pyridine rings is 1. The first-order valence-corrected chi connectivity index (χ1v) is 11.5. The molecule has 0 aliphatic carbocycles. The van der Waals surface area contributed by atoms with E-state index in [1.807, 2.05) is 35.4 Å². The Kier molecular flexibility index (Phi) is 5.33. The molecule has 0 bridgehead atoms. The minimum Gasteiger partial charge on any atom is -0.378 e. The summed E-state index contributed by atoms with van der Waals surface area (Å²) in [5.74, 6) is 0.799. The molecule has 0 spiro atoms. The van der Waals surface area contributed by atoms with Gasteiger partial charge in [0.2, 0.25) is 0 Å². The van der Waals surface area contributed by atoms with Gasteiger partial charge in [-0.3, -0.25) is 0 Å². The second-order valence-corrected chi connectivity index (χ2v) is 8.63. The third-order valence-electron chi connectivity index (χ3n) is 6.59. The first-order valence-electron chi connectivity index (χ1n) is 11.5. The van der Waals surface area contributed by atoms with Gasteiger partial charge in [-0.25, -0.2) is 23.3 Å². The summed E-state index contributed by atoms with van der Waals surface area (Å²) in [6, 6.07) is 11.2. The van der Waals surface area contributed by atoms with E-state index in [0.29, 0.717) is 30.2 Å². The van der Waals surface area contributed by atoms with Crippen LogP contribution in [0.2, 0.25) is 0 Å². The van der Waals surface area contributed by atoms with Crippen molar-refractivity contribution < 1.29 is 13.5 Å². The Hall–Kier alpha value is -3.59. The van der Waals surface area contributed by atoms with Crippen molar-refractivity contribution in [1.29, 1.82) is 0 Å². The second-order valence-electron chi connectivity index (χ2n) is 8.63. The van der Waals surface area contributed by atoms with Crippen LogP contribution in [0.15, 0.2) is 54.9 Å². The highest BCUT2D eigenvalue weighted by Gasteiger charge is 2.30. The van der Waals surface area contributed by atoms with Crippen LogP contribution < -0.4 is 9.80 Å². The smallest absolute Gasteiger partial charge is 0.154 e. The number of benzene rings is 1. The average Bonchev–Trinajstić information content (AvgIpc) is 3.53. The number of anilines is 2. The summed E-state index contributed by atoms with van der Waals surface area (Å²) in [5.41, 5.74) is 2.81. The zero-order valence-electron chi connectivity index (χ0n) is 18.6. The van der Waals surface area contributed by atoms with Gasteiger partial charge in [0.05, 0.1) is 31.1 Å². The summed E-state index contributed by atoms with van der Waals surface area (Å²) in [7, 11) is 0. The van der Waals surface area contributed by atoms with Crippen molar-refractivity contribution in [3.05, 3.63) is 72.1 Å². The van der Waals surface area contributed by atoms with Crippen LogP contribution in [0.1, 0.15) is 24.4 Å². The maximum atomic E-state index is 14.5. The molecule has 2 aliphatic rings. The molecule has 0 radical (unpaired) electrons. The number of fused-ring (bicyclic) bond motifs is 1. The van der Waals surface area contributed by atoms with Crippen molar-refractivity contribution in [2.24, 2.45) is 0 Å². The number of hydrogen-bond acceptors (Lipinski definition) is 6. The van der Waals surface area contributed by atoms with E-state index >= 15 is 0 Å². The minimum absolute atomic E-state index is 0.262. The van der Waals surface area contributed by atoms with E-state index in [4.69, 9.17) is 9.84 Å². The number of rotatable bonds is 4. The maximum absolute atomic E-state index is 14.5. The normalized spacial score (nSPS) is 18.7. The summed E-state index contributed by atoms with van der Waals surface area (Å²) in [5, 5.41) is 4.84. The molecule has 9 heteroatoms. The van der Waals surface area contributed by atoms with Gasteiger partial charge in [0.15, 0.2) is 5.65 Å². The van der Waals surface area contributed by atoms with Crippen LogP contribution in [0.25, 0.3) is 16.9 Å². The van der Waals surface area contributed by atoms with Gasteiger partial charge in [-0.2, -0.15) is 0 Å². The monoisotopic (exact) mass is 462 g/mol. The van der Waals surface area contributed by atoms with E-state index in [0.717, 1.165) is 55.6 Å². The van der Waals surface area contributed by atoms with Crippen molar-refractivity contribution in [3.8, 4) is 11.3 Å².